The molecule has 0 aliphatic carbocycles. The number of ether oxygens (including phenoxy) is 1. The summed E-state index contributed by atoms with van der Waals surface area (Å²) in [5, 5.41) is 7.49. The van der Waals surface area contributed by atoms with Gasteiger partial charge in [-0.15, -0.1) is 10.2 Å². The molecule has 10 heteroatoms. The maximum absolute atomic E-state index is 12.3. The van der Waals surface area contributed by atoms with Gasteiger partial charge < -0.3 is 9.15 Å². The summed E-state index contributed by atoms with van der Waals surface area (Å²) >= 11 is 5.99. The van der Waals surface area contributed by atoms with Crippen molar-refractivity contribution in [2.24, 2.45) is 0 Å². The number of aromatic nitrogens is 2. The van der Waals surface area contributed by atoms with Crippen LogP contribution in [0.1, 0.15) is 35.2 Å². The minimum absolute atomic E-state index is 0.0647. The van der Waals surface area contributed by atoms with Crippen LogP contribution in [0.15, 0.2) is 27.5 Å². The van der Waals surface area contributed by atoms with E-state index in [1.54, 1.807) is 13.8 Å². The maximum Gasteiger partial charge on any atom is 0.340 e. The van der Waals surface area contributed by atoms with E-state index in [-0.39, 0.29) is 21.4 Å². The zero-order valence-corrected chi connectivity index (χ0v) is 15.1. The van der Waals surface area contributed by atoms with Crippen molar-refractivity contribution in [1.29, 1.82) is 0 Å². The van der Waals surface area contributed by atoms with Crippen molar-refractivity contribution < 1.29 is 22.4 Å². The van der Waals surface area contributed by atoms with Gasteiger partial charge in [-0.05, 0) is 25.1 Å². The van der Waals surface area contributed by atoms with Gasteiger partial charge in [-0.25, -0.2) is 17.5 Å². The van der Waals surface area contributed by atoms with Gasteiger partial charge in [-0.3, -0.25) is 0 Å². The number of sulfonamides is 1. The summed E-state index contributed by atoms with van der Waals surface area (Å²) in [6, 6.07) is 3.82. The third-order valence-electron chi connectivity index (χ3n) is 3.11. The van der Waals surface area contributed by atoms with Crippen molar-refractivity contribution in [2.75, 3.05) is 14.1 Å². The third kappa shape index (κ3) is 3.74. The van der Waals surface area contributed by atoms with Crippen LogP contribution in [0, 0.1) is 6.92 Å². The van der Waals surface area contributed by atoms with Gasteiger partial charge in [0.25, 0.3) is 5.89 Å². The lowest BCUT2D eigenvalue weighted by atomic mass is 10.2. The van der Waals surface area contributed by atoms with Gasteiger partial charge in [0.2, 0.25) is 15.9 Å². The lowest BCUT2D eigenvalue weighted by Gasteiger charge is -2.14. The highest BCUT2D eigenvalue weighted by Crippen LogP contribution is 2.25. The molecule has 0 fully saturated rings. The average Bonchev–Trinajstić information content (AvgIpc) is 2.93. The fourth-order valence-electron chi connectivity index (χ4n) is 1.78. The van der Waals surface area contributed by atoms with Crippen LogP contribution in [0.25, 0.3) is 0 Å². The topological polar surface area (TPSA) is 103 Å². The molecule has 0 bridgehead atoms. The Morgan fingerprint density at radius 2 is 2.00 bits per heavy atom. The zero-order valence-electron chi connectivity index (χ0n) is 13.5. The fraction of sp³-hybridized carbons (Fsp3) is 0.357. The van der Waals surface area contributed by atoms with Crippen molar-refractivity contribution >= 4 is 27.6 Å². The SMILES string of the molecule is Cc1nnc(C(C)OC(=O)c2cc(S(=O)(=O)N(C)C)ccc2Cl)o1. The van der Waals surface area contributed by atoms with Crippen molar-refractivity contribution in [3.8, 4) is 0 Å². The average molecular weight is 374 g/mol. The van der Waals surface area contributed by atoms with E-state index >= 15 is 0 Å². The number of halogens is 1. The molecule has 0 spiro atoms. The Bertz CT molecular complexity index is 863. The van der Waals surface area contributed by atoms with Gasteiger partial charge in [0, 0.05) is 21.0 Å². The number of rotatable bonds is 5. The normalized spacial score (nSPS) is 13.1. The van der Waals surface area contributed by atoms with Gasteiger partial charge in [-0.1, -0.05) is 11.6 Å². The van der Waals surface area contributed by atoms with Crippen LogP contribution in [0.3, 0.4) is 0 Å². The first-order valence-corrected chi connectivity index (χ1v) is 8.67. The number of carbonyl (C=O) groups excluding carboxylic acids is 1. The van der Waals surface area contributed by atoms with Crippen molar-refractivity contribution in [1.82, 2.24) is 14.5 Å². The Balaban J connectivity index is 2.29. The molecule has 24 heavy (non-hydrogen) atoms. The van der Waals surface area contributed by atoms with E-state index in [1.807, 2.05) is 0 Å². The molecular weight excluding hydrogens is 358 g/mol. The highest BCUT2D eigenvalue weighted by molar-refractivity contribution is 7.89. The van der Waals surface area contributed by atoms with Crippen molar-refractivity contribution in [3.05, 3.63) is 40.6 Å². The maximum atomic E-state index is 12.3. The second-order valence-electron chi connectivity index (χ2n) is 5.14. The number of hydrogen-bond acceptors (Lipinski definition) is 7. The Labute approximate surface area is 144 Å². The monoisotopic (exact) mass is 373 g/mol. The molecule has 0 N–H and O–H groups in total. The molecule has 0 saturated carbocycles. The minimum atomic E-state index is -3.70. The second-order valence-corrected chi connectivity index (χ2v) is 7.69. The van der Waals surface area contributed by atoms with Gasteiger partial charge in [0.05, 0.1) is 15.5 Å². The number of esters is 1. The number of carbonyl (C=O) groups is 1. The van der Waals surface area contributed by atoms with Crippen molar-refractivity contribution in [3.63, 3.8) is 0 Å². The fourth-order valence-corrected chi connectivity index (χ4v) is 2.91. The molecule has 1 atom stereocenters. The Morgan fingerprint density at radius 3 is 2.54 bits per heavy atom. The first kappa shape index (κ1) is 18.4. The van der Waals surface area contributed by atoms with E-state index < -0.39 is 22.1 Å². The molecule has 2 aromatic rings. The first-order chi connectivity index (χ1) is 11.1. The minimum Gasteiger partial charge on any atom is -0.449 e. The largest absolute Gasteiger partial charge is 0.449 e. The number of benzene rings is 1. The molecule has 0 amide bonds. The van der Waals surface area contributed by atoms with E-state index in [2.05, 4.69) is 10.2 Å². The van der Waals surface area contributed by atoms with Gasteiger partial charge in [0.15, 0.2) is 6.10 Å². The molecule has 1 unspecified atom stereocenters. The number of aryl methyl sites for hydroxylation is 1. The third-order valence-corrected chi connectivity index (χ3v) is 5.25. The summed E-state index contributed by atoms with van der Waals surface area (Å²) in [6.45, 7) is 3.16. The lowest BCUT2D eigenvalue weighted by molar-refractivity contribution is 0.0277. The van der Waals surface area contributed by atoms with Crippen LogP contribution in [0.2, 0.25) is 5.02 Å². The van der Waals surface area contributed by atoms with Gasteiger partial charge in [0.1, 0.15) is 0 Å². The Morgan fingerprint density at radius 1 is 1.33 bits per heavy atom. The summed E-state index contributed by atoms with van der Waals surface area (Å²) in [6.07, 6.45) is -0.802. The van der Waals surface area contributed by atoms with E-state index in [0.717, 1.165) is 4.31 Å². The van der Waals surface area contributed by atoms with Crippen LogP contribution < -0.4 is 0 Å². The summed E-state index contributed by atoms with van der Waals surface area (Å²) in [5.74, 6) is -0.321. The zero-order chi connectivity index (χ0) is 18.1. The van der Waals surface area contributed by atoms with E-state index in [4.69, 9.17) is 20.8 Å². The van der Waals surface area contributed by atoms with Crippen LogP contribution >= 0.6 is 11.6 Å². The summed E-state index contributed by atoms with van der Waals surface area (Å²) in [4.78, 5) is 12.2. The van der Waals surface area contributed by atoms with Crippen LogP contribution in [0.5, 0.6) is 0 Å². The molecule has 0 radical (unpaired) electrons. The first-order valence-electron chi connectivity index (χ1n) is 6.86. The van der Waals surface area contributed by atoms with Crippen LogP contribution in [0.4, 0.5) is 0 Å². The van der Waals surface area contributed by atoms with Crippen molar-refractivity contribution in [2.45, 2.75) is 24.8 Å². The molecule has 1 aromatic carbocycles. The Hall–Kier alpha value is -1.97. The van der Waals surface area contributed by atoms with E-state index in [1.165, 1.54) is 32.3 Å². The molecule has 0 aliphatic heterocycles. The second kappa shape index (κ2) is 6.88. The Kier molecular flexibility index (Phi) is 5.26. The quantitative estimate of drug-likeness (QED) is 0.740. The predicted octanol–water partition coefficient (Wildman–Crippen LogP) is 2.20. The molecule has 1 aromatic heterocycles. The number of hydrogen-bond donors (Lipinski definition) is 0. The smallest absolute Gasteiger partial charge is 0.340 e. The summed E-state index contributed by atoms with van der Waals surface area (Å²) in [7, 11) is -0.919. The van der Waals surface area contributed by atoms with E-state index in [0.29, 0.717) is 5.89 Å². The van der Waals surface area contributed by atoms with Gasteiger partial charge in [-0.2, -0.15) is 0 Å². The predicted molar refractivity (Wildman–Crippen MR) is 85.2 cm³/mol. The molecular formula is C14H16ClN3O5S. The molecule has 0 aliphatic rings. The highest BCUT2D eigenvalue weighted by Gasteiger charge is 2.24. The molecule has 2 rings (SSSR count). The lowest BCUT2D eigenvalue weighted by Crippen LogP contribution is -2.22. The molecule has 8 nitrogen and oxygen atoms in total. The van der Waals surface area contributed by atoms with E-state index in [9.17, 15) is 13.2 Å². The van der Waals surface area contributed by atoms with Crippen LogP contribution in [-0.4, -0.2) is 43.0 Å². The molecule has 0 saturated heterocycles. The summed E-state index contributed by atoms with van der Waals surface area (Å²) < 4.78 is 35.8. The standard InChI is InChI=1S/C14H16ClN3O5S/c1-8(13-17-16-9(2)23-13)22-14(19)11-7-10(5-6-12(11)15)24(20,21)18(3)4/h5-8H,1-4H3. The molecule has 1 heterocycles. The molecule has 130 valence electrons. The number of nitrogens with zero attached hydrogens (tertiary/aromatic N) is 3. The van der Waals surface area contributed by atoms with Gasteiger partial charge >= 0.3 is 5.97 Å². The van der Waals surface area contributed by atoms with Crippen LogP contribution in [-0.2, 0) is 14.8 Å². The summed E-state index contributed by atoms with van der Waals surface area (Å²) in [5.41, 5.74) is -0.0670. The highest BCUT2D eigenvalue weighted by atomic mass is 35.5.